The van der Waals surface area contributed by atoms with Crippen molar-refractivity contribution in [1.82, 2.24) is 24.9 Å². The molecule has 1 aliphatic heterocycles. The minimum atomic E-state index is -0.00861. The van der Waals surface area contributed by atoms with Crippen LogP contribution in [0.3, 0.4) is 0 Å². The van der Waals surface area contributed by atoms with Gasteiger partial charge in [0.1, 0.15) is 0 Å². The van der Waals surface area contributed by atoms with Crippen molar-refractivity contribution in [3.05, 3.63) is 17.0 Å². The summed E-state index contributed by atoms with van der Waals surface area (Å²) in [5.74, 6) is -0.00861. The standard InChI is InChI=1S/C13H21N5O2/c1-9-11(10(2)15-14-9)12(19)17-5-7-18(8-6-17)13(20)16(3)4/h5-8H2,1-4H3,(H,14,15). The number of carbonyl (C=O) groups is 2. The van der Waals surface area contributed by atoms with E-state index in [1.54, 1.807) is 28.8 Å². The minimum Gasteiger partial charge on any atom is -0.335 e. The quantitative estimate of drug-likeness (QED) is 0.812. The van der Waals surface area contributed by atoms with Gasteiger partial charge >= 0.3 is 6.03 Å². The van der Waals surface area contributed by atoms with Gasteiger partial charge in [0.25, 0.3) is 5.91 Å². The van der Waals surface area contributed by atoms with E-state index < -0.39 is 0 Å². The van der Waals surface area contributed by atoms with Gasteiger partial charge in [0.05, 0.1) is 11.3 Å². The van der Waals surface area contributed by atoms with Gasteiger partial charge in [0, 0.05) is 46.0 Å². The van der Waals surface area contributed by atoms with E-state index in [9.17, 15) is 9.59 Å². The molecule has 2 rings (SSSR count). The number of aryl methyl sites for hydroxylation is 2. The predicted molar refractivity (Wildman–Crippen MR) is 74.6 cm³/mol. The molecule has 0 atom stereocenters. The fourth-order valence-electron chi connectivity index (χ4n) is 2.41. The van der Waals surface area contributed by atoms with Crippen molar-refractivity contribution in [3.63, 3.8) is 0 Å². The van der Waals surface area contributed by atoms with E-state index in [0.717, 1.165) is 11.4 Å². The Kier molecular flexibility index (Phi) is 3.96. The van der Waals surface area contributed by atoms with Crippen LogP contribution in [0.4, 0.5) is 4.79 Å². The molecule has 7 heteroatoms. The van der Waals surface area contributed by atoms with Crippen LogP contribution in [0.25, 0.3) is 0 Å². The second-order valence-corrected chi connectivity index (χ2v) is 5.27. The Morgan fingerprint density at radius 3 is 2.10 bits per heavy atom. The summed E-state index contributed by atoms with van der Waals surface area (Å²) in [5.41, 5.74) is 2.16. The first-order chi connectivity index (χ1) is 9.41. The molecule has 3 amide bonds. The molecule has 20 heavy (non-hydrogen) atoms. The number of nitrogens with zero attached hydrogens (tertiary/aromatic N) is 4. The first-order valence-corrected chi connectivity index (χ1v) is 6.69. The summed E-state index contributed by atoms with van der Waals surface area (Å²) in [6.07, 6.45) is 0. The van der Waals surface area contributed by atoms with Gasteiger partial charge in [-0.05, 0) is 13.8 Å². The lowest BCUT2D eigenvalue weighted by molar-refractivity contribution is 0.0649. The summed E-state index contributed by atoms with van der Waals surface area (Å²) in [6, 6.07) is -0.00669. The second-order valence-electron chi connectivity index (χ2n) is 5.27. The highest BCUT2D eigenvalue weighted by atomic mass is 16.2. The number of aromatic amines is 1. The van der Waals surface area contributed by atoms with Crippen molar-refractivity contribution >= 4 is 11.9 Å². The molecule has 1 N–H and O–H groups in total. The van der Waals surface area contributed by atoms with Gasteiger partial charge < -0.3 is 14.7 Å². The van der Waals surface area contributed by atoms with Crippen molar-refractivity contribution in [1.29, 1.82) is 0 Å². The third-order valence-electron chi connectivity index (χ3n) is 3.56. The second kappa shape index (κ2) is 5.52. The number of H-pyrrole nitrogens is 1. The Bertz CT molecular complexity index is 495. The number of urea groups is 1. The maximum atomic E-state index is 12.5. The van der Waals surface area contributed by atoms with Crippen LogP contribution in [0.2, 0.25) is 0 Å². The van der Waals surface area contributed by atoms with Crippen LogP contribution in [-0.2, 0) is 0 Å². The Balaban J connectivity index is 2.01. The molecule has 0 bridgehead atoms. The van der Waals surface area contributed by atoms with Gasteiger partial charge in [-0.25, -0.2) is 4.79 Å². The maximum Gasteiger partial charge on any atom is 0.319 e. The lowest BCUT2D eigenvalue weighted by atomic mass is 10.1. The summed E-state index contributed by atoms with van der Waals surface area (Å²) in [7, 11) is 3.47. The number of hydrogen-bond acceptors (Lipinski definition) is 3. The van der Waals surface area contributed by atoms with Crippen LogP contribution >= 0.6 is 0 Å². The smallest absolute Gasteiger partial charge is 0.319 e. The van der Waals surface area contributed by atoms with Crippen LogP contribution in [-0.4, -0.2) is 77.1 Å². The summed E-state index contributed by atoms with van der Waals surface area (Å²) in [6.45, 7) is 5.92. The Hall–Kier alpha value is -2.05. The van der Waals surface area contributed by atoms with Crippen molar-refractivity contribution in [2.75, 3.05) is 40.3 Å². The predicted octanol–water partition coefficient (Wildman–Crippen LogP) is 0.466. The Morgan fingerprint density at radius 2 is 1.65 bits per heavy atom. The molecule has 0 radical (unpaired) electrons. The molecule has 1 fully saturated rings. The molecule has 1 saturated heterocycles. The molecule has 1 aliphatic rings. The summed E-state index contributed by atoms with van der Waals surface area (Å²) in [4.78, 5) is 29.4. The topological polar surface area (TPSA) is 72.5 Å². The number of aromatic nitrogens is 2. The fraction of sp³-hybridized carbons (Fsp3) is 0.615. The monoisotopic (exact) mass is 279 g/mol. The number of rotatable bonds is 1. The van der Waals surface area contributed by atoms with E-state index in [1.807, 2.05) is 13.8 Å². The summed E-state index contributed by atoms with van der Waals surface area (Å²) in [5, 5.41) is 6.88. The summed E-state index contributed by atoms with van der Waals surface area (Å²) >= 11 is 0. The number of piperazine rings is 1. The molecule has 1 aromatic heterocycles. The lowest BCUT2D eigenvalue weighted by Crippen LogP contribution is -2.53. The zero-order chi connectivity index (χ0) is 14.9. The molecule has 110 valence electrons. The van der Waals surface area contributed by atoms with E-state index >= 15 is 0 Å². The third-order valence-corrected chi connectivity index (χ3v) is 3.56. The SMILES string of the molecule is Cc1n[nH]c(C)c1C(=O)N1CCN(C(=O)N(C)C)CC1. The maximum absolute atomic E-state index is 12.5. The third kappa shape index (κ3) is 2.61. The van der Waals surface area contributed by atoms with Crippen LogP contribution in [0.5, 0.6) is 0 Å². The molecule has 7 nitrogen and oxygen atoms in total. The molecule has 0 spiro atoms. The van der Waals surface area contributed by atoms with Crippen LogP contribution < -0.4 is 0 Å². The highest BCUT2D eigenvalue weighted by Crippen LogP contribution is 2.14. The van der Waals surface area contributed by atoms with Gasteiger partial charge in [0.2, 0.25) is 0 Å². The Morgan fingerprint density at radius 1 is 1.10 bits per heavy atom. The Labute approximate surface area is 118 Å². The molecular weight excluding hydrogens is 258 g/mol. The van der Waals surface area contributed by atoms with Crippen molar-refractivity contribution in [3.8, 4) is 0 Å². The van der Waals surface area contributed by atoms with Crippen molar-refractivity contribution in [2.45, 2.75) is 13.8 Å². The van der Waals surface area contributed by atoms with Gasteiger partial charge in [-0.2, -0.15) is 5.10 Å². The van der Waals surface area contributed by atoms with E-state index in [1.165, 1.54) is 0 Å². The number of hydrogen-bond donors (Lipinski definition) is 1. The molecule has 0 unspecified atom stereocenters. The van der Waals surface area contributed by atoms with Gasteiger partial charge in [0.15, 0.2) is 0 Å². The number of amides is 3. The van der Waals surface area contributed by atoms with Gasteiger partial charge in [-0.15, -0.1) is 0 Å². The van der Waals surface area contributed by atoms with Crippen molar-refractivity contribution in [2.24, 2.45) is 0 Å². The molecular formula is C13H21N5O2. The van der Waals surface area contributed by atoms with Gasteiger partial charge in [-0.1, -0.05) is 0 Å². The van der Waals surface area contributed by atoms with Crippen LogP contribution in [0.1, 0.15) is 21.7 Å². The van der Waals surface area contributed by atoms with Crippen LogP contribution in [0, 0.1) is 13.8 Å². The molecule has 0 aliphatic carbocycles. The molecule has 0 aromatic carbocycles. The fourth-order valence-corrected chi connectivity index (χ4v) is 2.41. The first-order valence-electron chi connectivity index (χ1n) is 6.69. The molecule has 2 heterocycles. The van der Waals surface area contributed by atoms with E-state index in [4.69, 9.17) is 0 Å². The molecule has 0 saturated carbocycles. The van der Waals surface area contributed by atoms with Crippen LogP contribution in [0.15, 0.2) is 0 Å². The lowest BCUT2D eigenvalue weighted by Gasteiger charge is -2.36. The van der Waals surface area contributed by atoms with E-state index in [-0.39, 0.29) is 11.9 Å². The molecule has 1 aromatic rings. The van der Waals surface area contributed by atoms with Crippen molar-refractivity contribution < 1.29 is 9.59 Å². The zero-order valence-electron chi connectivity index (χ0n) is 12.4. The minimum absolute atomic E-state index is 0.00669. The highest BCUT2D eigenvalue weighted by Gasteiger charge is 2.27. The number of carbonyl (C=O) groups excluding carboxylic acids is 2. The zero-order valence-corrected chi connectivity index (χ0v) is 12.4. The van der Waals surface area contributed by atoms with Gasteiger partial charge in [-0.3, -0.25) is 9.89 Å². The largest absolute Gasteiger partial charge is 0.335 e. The van der Waals surface area contributed by atoms with E-state index in [2.05, 4.69) is 10.2 Å². The highest BCUT2D eigenvalue weighted by molar-refractivity contribution is 5.96. The average molecular weight is 279 g/mol. The summed E-state index contributed by atoms with van der Waals surface area (Å²) < 4.78 is 0. The normalized spacial score (nSPS) is 15.4. The average Bonchev–Trinajstić information content (AvgIpc) is 2.76. The number of nitrogens with one attached hydrogen (secondary N) is 1. The first kappa shape index (κ1) is 14.4. The van der Waals surface area contributed by atoms with E-state index in [0.29, 0.717) is 31.7 Å².